The van der Waals surface area contributed by atoms with Crippen molar-refractivity contribution in [3.05, 3.63) is 42.2 Å². The van der Waals surface area contributed by atoms with Crippen molar-refractivity contribution in [3.63, 3.8) is 0 Å². The molecule has 0 aromatic carbocycles. The molecule has 2 fully saturated rings. The first-order valence-electron chi connectivity index (χ1n) is 9.94. The normalized spacial score (nSPS) is 18.4. The number of hydrogen-bond donors (Lipinski definition) is 1. The summed E-state index contributed by atoms with van der Waals surface area (Å²) in [6.45, 7) is 1.74. The number of pyridine rings is 2. The first-order valence-corrected chi connectivity index (χ1v) is 9.94. The monoisotopic (exact) mass is 411 g/mol. The van der Waals surface area contributed by atoms with Crippen molar-refractivity contribution in [2.45, 2.75) is 24.8 Å². The fourth-order valence-electron chi connectivity index (χ4n) is 3.58. The summed E-state index contributed by atoms with van der Waals surface area (Å²) in [6, 6.07) is 7.70. The lowest BCUT2D eigenvalue weighted by Gasteiger charge is -2.39. The van der Waals surface area contributed by atoms with E-state index in [9.17, 15) is 9.59 Å². The molecule has 2 aromatic rings. The van der Waals surface area contributed by atoms with Gasteiger partial charge in [-0.3, -0.25) is 4.79 Å². The molecule has 0 saturated carbocycles. The molecule has 9 nitrogen and oxygen atoms in total. The molecule has 2 amide bonds. The third-order valence-electron chi connectivity index (χ3n) is 5.56. The van der Waals surface area contributed by atoms with E-state index in [2.05, 4.69) is 21.4 Å². The zero-order valence-electron chi connectivity index (χ0n) is 17.1. The summed E-state index contributed by atoms with van der Waals surface area (Å²) < 4.78 is 9.98. The van der Waals surface area contributed by atoms with Gasteiger partial charge in [0.2, 0.25) is 5.91 Å². The summed E-state index contributed by atoms with van der Waals surface area (Å²) >= 11 is 0. The van der Waals surface area contributed by atoms with Crippen LogP contribution in [0, 0.1) is 0 Å². The van der Waals surface area contributed by atoms with Gasteiger partial charge >= 0.3 is 6.09 Å². The lowest BCUT2D eigenvalue weighted by molar-refractivity contribution is -0.135. The van der Waals surface area contributed by atoms with Crippen molar-refractivity contribution in [2.24, 2.45) is 0 Å². The quantitative estimate of drug-likeness (QED) is 0.745. The third kappa shape index (κ3) is 4.29. The molecule has 0 radical (unpaired) electrons. The number of alkyl carbamates (subject to hydrolysis) is 1. The van der Waals surface area contributed by atoms with Gasteiger partial charge in [0.05, 0.1) is 19.3 Å². The molecule has 30 heavy (non-hydrogen) atoms. The van der Waals surface area contributed by atoms with E-state index in [0.717, 1.165) is 17.2 Å². The maximum absolute atomic E-state index is 12.3. The fourth-order valence-corrected chi connectivity index (χ4v) is 3.58. The Morgan fingerprint density at radius 3 is 2.53 bits per heavy atom. The second-order valence-electron chi connectivity index (χ2n) is 7.54. The number of amides is 2. The molecule has 4 rings (SSSR count). The first kappa shape index (κ1) is 19.9. The minimum Gasteiger partial charge on any atom is -0.495 e. The molecule has 9 heteroatoms. The number of cyclic esters (lactones) is 1. The fraction of sp³-hybridized carbons (Fsp3) is 0.429. The Bertz CT molecular complexity index is 897. The number of anilines is 2. The second-order valence-corrected chi connectivity index (χ2v) is 7.54. The Hall–Kier alpha value is -3.36. The van der Waals surface area contributed by atoms with E-state index in [1.54, 1.807) is 13.3 Å². The Morgan fingerprint density at radius 1 is 1.23 bits per heavy atom. The molecular weight excluding hydrogens is 386 g/mol. The Kier molecular flexibility index (Phi) is 5.69. The van der Waals surface area contributed by atoms with Crippen molar-refractivity contribution in [1.82, 2.24) is 20.2 Å². The molecule has 1 atom stereocenters. The summed E-state index contributed by atoms with van der Waals surface area (Å²) in [7, 11) is 3.53. The summed E-state index contributed by atoms with van der Waals surface area (Å²) in [6.07, 6.45) is 4.16. The minimum atomic E-state index is -0.402. The van der Waals surface area contributed by atoms with Crippen molar-refractivity contribution >= 4 is 23.6 Å². The number of carbonyl (C=O) groups is 2. The highest BCUT2D eigenvalue weighted by molar-refractivity contribution is 5.77. The van der Waals surface area contributed by atoms with Crippen LogP contribution in [-0.4, -0.2) is 66.8 Å². The summed E-state index contributed by atoms with van der Waals surface area (Å²) in [4.78, 5) is 36.0. The zero-order chi connectivity index (χ0) is 21.1. The number of likely N-dealkylation sites (tertiary alicyclic amines) is 1. The summed E-state index contributed by atoms with van der Waals surface area (Å²) in [5.74, 6) is 2.70. The molecule has 0 bridgehead atoms. The van der Waals surface area contributed by atoms with Gasteiger partial charge in [-0.2, -0.15) is 0 Å². The van der Waals surface area contributed by atoms with E-state index < -0.39 is 6.09 Å². The first-order chi connectivity index (χ1) is 14.5. The van der Waals surface area contributed by atoms with E-state index in [1.807, 2.05) is 41.2 Å². The van der Waals surface area contributed by atoms with Gasteiger partial charge in [0.25, 0.3) is 0 Å². The molecule has 2 saturated heterocycles. The van der Waals surface area contributed by atoms with Gasteiger partial charge in [-0.25, -0.2) is 14.8 Å². The van der Waals surface area contributed by atoms with Crippen molar-refractivity contribution < 1.29 is 19.1 Å². The van der Waals surface area contributed by atoms with Crippen molar-refractivity contribution in [3.8, 4) is 5.75 Å². The molecule has 4 heterocycles. The van der Waals surface area contributed by atoms with Crippen LogP contribution in [0.4, 0.5) is 16.4 Å². The molecule has 2 aliphatic rings. The minimum absolute atomic E-state index is 0.0625. The summed E-state index contributed by atoms with van der Waals surface area (Å²) in [5, 5.41) is 2.70. The van der Waals surface area contributed by atoms with Crippen LogP contribution in [0.2, 0.25) is 0 Å². The standard InChI is InChI=1S/C21H25N5O4/c1-25(19-7-5-17(29-2)10-23-19)18-6-3-14(9-22-18)15-11-26(12-15)20(27)8-4-16-13-30-21(28)24-16/h3,5-7,9-10,15-16H,4,8,11-13H2,1-2H3,(H,24,28)/t16-/m1/s1. The molecule has 2 aliphatic heterocycles. The molecule has 0 unspecified atom stereocenters. The number of nitrogens with one attached hydrogen (secondary N) is 1. The maximum Gasteiger partial charge on any atom is 0.407 e. The van der Waals surface area contributed by atoms with Crippen LogP contribution in [-0.2, 0) is 9.53 Å². The van der Waals surface area contributed by atoms with Gasteiger partial charge in [-0.15, -0.1) is 0 Å². The Balaban J connectivity index is 1.26. The predicted octanol–water partition coefficient (Wildman–Crippen LogP) is 2.07. The number of rotatable bonds is 7. The van der Waals surface area contributed by atoms with Crippen LogP contribution in [0.3, 0.4) is 0 Å². The van der Waals surface area contributed by atoms with Gasteiger partial charge in [0.1, 0.15) is 24.0 Å². The highest BCUT2D eigenvalue weighted by atomic mass is 16.6. The maximum atomic E-state index is 12.3. The van der Waals surface area contributed by atoms with E-state index >= 15 is 0 Å². The van der Waals surface area contributed by atoms with Gasteiger partial charge in [0, 0.05) is 38.7 Å². The van der Waals surface area contributed by atoms with E-state index in [1.165, 1.54) is 0 Å². The van der Waals surface area contributed by atoms with E-state index in [-0.39, 0.29) is 11.9 Å². The predicted molar refractivity (Wildman–Crippen MR) is 110 cm³/mol. The van der Waals surface area contributed by atoms with Gasteiger partial charge < -0.3 is 24.6 Å². The van der Waals surface area contributed by atoms with Gasteiger partial charge in [-0.1, -0.05) is 6.07 Å². The SMILES string of the molecule is COc1ccc(N(C)c2ccc(C3CN(C(=O)CC[C@@H]4COC(=O)N4)C3)cn2)nc1. The number of carbonyl (C=O) groups excluding carboxylic acids is 2. The summed E-state index contributed by atoms with van der Waals surface area (Å²) in [5.41, 5.74) is 1.12. The zero-order valence-corrected chi connectivity index (χ0v) is 17.1. The Morgan fingerprint density at radius 2 is 1.97 bits per heavy atom. The smallest absolute Gasteiger partial charge is 0.407 e. The topological polar surface area (TPSA) is 96.9 Å². The molecule has 0 spiro atoms. The molecular formula is C21H25N5O4. The molecule has 2 aromatic heterocycles. The van der Waals surface area contributed by atoms with E-state index in [4.69, 9.17) is 9.47 Å². The van der Waals surface area contributed by atoms with Crippen LogP contribution in [0.1, 0.15) is 24.3 Å². The van der Waals surface area contributed by atoms with Crippen LogP contribution >= 0.6 is 0 Å². The van der Waals surface area contributed by atoms with Crippen LogP contribution in [0.5, 0.6) is 5.75 Å². The Labute approximate surface area is 175 Å². The number of nitrogens with zero attached hydrogens (tertiary/aromatic N) is 4. The van der Waals surface area contributed by atoms with Crippen LogP contribution in [0.25, 0.3) is 0 Å². The van der Waals surface area contributed by atoms with Crippen LogP contribution in [0.15, 0.2) is 36.7 Å². The van der Waals surface area contributed by atoms with Crippen LogP contribution < -0.4 is 15.0 Å². The number of ether oxygens (including phenoxy) is 2. The van der Waals surface area contributed by atoms with E-state index in [0.29, 0.717) is 44.2 Å². The number of hydrogen-bond acceptors (Lipinski definition) is 7. The average Bonchev–Trinajstić information content (AvgIpc) is 3.16. The van der Waals surface area contributed by atoms with Gasteiger partial charge in [-0.05, 0) is 30.2 Å². The lowest BCUT2D eigenvalue weighted by Crippen LogP contribution is -2.48. The average molecular weight is 411 g/mol. The molecule has 158 valence electrons. The number of aromatic nitrogens is 2. The van der Waals surface area contributed by atoms with Crippen molar-refractivity contribution in [1.29, 1.82) is 0 Å². The lowest BCUT2D eigenvalue weighted by atomic mass is 9.92. The molecule has 1 N–H and O–H groups in total. The second kappa shape index (κ2) is 8.56. The molecule has 0 aliphatic carbocycles. The number of methoxy groups -OCH3 is 1. The highest BCUT2D eigenvalue weighted by Crippen LogP contribution is 2.29. The van der Waals surface area contributed by atoms with Gasteiger partial charge in [0.15, 0.2) is 0 Å². The largest absolute Gasteiger partial charge is 0.495 e. The van der Waals surface area contributed by atoms with Crippen molar-refractivity contribution in [2.75, 3.05) is 38.8 Å². The third-order valence-corrected chi connectivity index (χ3v) is 5.56. The highest BCUT2D eigenvalue weighted by Gasteiger charge is 2.32.